The number of carbonyl (C=O) groups is 2. The molecule has 0 aromatic carbocycles. The molecule has 22 heavy (non-hydrogen) atoms. The molecule has 0 saturated heterocycles. The maximum absolute atomic E-state index is 12.4. The second-order valence-electron chi connectivity index (χ2n) is 5.83. The highest BCUT2D eigenvalue weighted by molar-refractivity contribution is 5.89. The Balaban J connectivity index is 2.78. The smallest absolute Gasteiger partial charge is 0.329 e. The van der Waals surface area contributed by atoms with Gasteiger partial charge in [0.05, 0.1) is 5.92 Å². The number of amides is 1. The van der Waals surface area contributed by atoms with Crippen LogP contribution in [0.3, 0.4) is 0 Å². The average Bonchev–Trinajstić information content (AvgIpc) is 2.75. The number of unbranched alkanes of at least 4 members (excludes halogenated alkanes) is 2. The van der Waals surface area contributed by atoms with E-state index in [4.69, 9.17) is 0 Å². The molecule has 4 heteroatoms. The number of hydrogen-bond donors (Lipinski definition) is 2. The second-order valence-corrected chi connectivity index (χ2v) is 5.83. The molecule has 2 N–H and O–H groups in total. The van der Waals surface area contributed by atoms with E-state index in [1.165, 1.54) is 0 Å². The molecule has 0 radical (unpaired) electrons. The first-order chi connectivity index (χ1) is 10.4. The quantitative estimate of drug-likeness (QED) is 0.533. The van der Waals surface area contributed by atoms with Gasteiger partial charge in [-0.2, -0.15) is 0 Å². The molecule has 0 bridgehead atoms. The van der Waals surface area contributed by atoms with E-state index in [9.17, 15) is 14.7 Å². The molecule has 0 fully saturated rings. The van der Waals surface area contributed by atoms with Crippen molar-refractivity contribution in [2.24, 2.45) is 5.92 Å². The maximum atomic E-state index is 12.4. The standard InChI is InChI=1S/C18H25NO3/c1-4-5-10-13-18(3,17(21)22)19-16(20)14(2)15-11-8-6-7-9-12-15/h6-8,11-12,14H,4-5,10,13H2,1-3H3,(H,19,20)(H,21,22)/t14-,18?/m0/s1. The zero-order valence-corrected chi connectivity index (χ0v) is 13.6. The largest absolute Gasteiger partial charge is 0.480 e. The van der Waals surface area contributed by atoms with E-state index < -0.39 is 17.4 Å². The number of carboxylic acids is 1. The van der Waals surface area contributed by atoms with Gasteiger partial charge >= 0.3 is 5.97 Å². The summed E-state index contributed by atoms with van der Waals surface area (Å²) < 4.78 is 0. The van der Waals surface area contributed by atoms with Crippen molar-refractivity contribution in [3.8, 4) is 0 Å². The average molecular weight is 303 g/mol. The van der Waals surface area contributed by atoms with E-state index in [0.717, 1.165) is 24.8 Å². The Labute approximate surface area is 132 Å². The zero-order chi connectivity index (χ0) is 16.6. The van der Waals surface area contributed by atoms with Gasteiger partial charge in [0, 0.05) is 0 Å². The van der Waals surface area contributed by atoms with E-state index in [1.807, 2.05) is 18.2 Å². The van der Waals surface area contributed by atoms with E-state index >= 15 is 0 Å². The summed E-state index contributed by atoms with van der Waals surface area (Å²) in [4.78, 5) is 23.9. The van der Waals surface area contributed by atoms with Gasteiger partial charge in [-0.1, -0.05) is 44.4 Å². The highest BCUT2D eigenvalue weighted by Gasteiger charge is 2.35. The summed E-state index contributed by atoms with van der Waals surface area (Å²) in [5.41, 5.74) is 2.55. The fourth-order valence-corrected chi connectivity index (χ4v) is 2.22. The first-order valence-corrected chi connectivity index (χ1v) is 7.75. The maximum Gasteiger partial charge on any atom is 0.329 e. The minimum atomic E-state index is -1.22. The first kappa shape index (κ1) is 18.0. The number of rotatable bonds is 8. The van der Waals surface area contributed by atoms with Gasteiger partial charge in [-0.05, 0) is 38.0 Å². The number of carbonyl (C=O) groups excluding carboxylic acids is 1. The van der Waals surface area contributed by atoms with Crippen LogP contribution in [0.15, 0.2) is 41.7 Å². The Kier molecular flexibility index (Phi) is 6.87. The third-order valence-corrected chi connectivity index (χ3v) is 3.89. The fourth-order valence-electron chi connectivity index (χ4n) is 2.22. The molecule has 0 saturated carbocycles. The normalized spacial score (nSPS) is 17.3. The van der Waals surface area contributed by atoms with E-state index in [0.29, 0.717) is 6.42 Å². The fraction of sp³-hybridized carbons (Fsp3) is 0.500. The summed E-state index contributed by atoms with van der Waals surface area (Å²) in [5.74, 6) is -1.69. The van der Waals surface area contributed by atoms with Gasteiger partial charge in [-0.3, -0.25) is 4.79 Å². The van der Waals surface area contributed by atoms with Crippen LogP contribution in [0.5, 0.6) is 0 Å². The number of aliphatic carboxylic acids is 1. The lowest BCUT2D eigenvalue weighted by atomic mass is 9.92. The van der Waals surface area contributed by atoms with Crippen LogP contribution in [0.25, 0.3) is 0 Å². The molecule has 2 atom stereocenters. The van der Waals surface area contributed by atoms with Crippen molar-refractivity contribution in [1.82, 2.24) is 5.32 Å². The lowest BCUT2D eigenvalue weighted by Gasteiger charge is -2.28. The van der Waals surface area contributed by atoms with Crippen LogP contribution in [0.4, 0.5) is 0 Å². The molecule has 0 heterocycles. The van der Waals surface area contributed by atoms with Crippen molar-refractivity contribution in [2.45, 2.75) is 52.0 Å². The molecule has 1 amide bonds. The lowest BCUT2D eigenvalue weighted by Crippen LogP contribution is -2.53. The Bertz CT molecular complexity index is 539. The van der Waals surface area contributed by atoms with Gasteiger partial charge in [0.1, 0.15) is 5.54 Å². The van der Waals surface area contributed by atoms with E-state index in [-0.39, 0.29) is 5.91 Å². The monoisotopic (exact) mass is 303 g/mol. The summed E-state index contributed by atoms with van der Waals surface area (Å²) in [6.45, 7) is 5.41. The molecule has 0 aromatic rings. The molecule has 1 unspecified atom stereocenters. The molecule has 4 nitrogen and oxygen atoms in total. The molecule has 0 aliphatic heterocycles. The number of carboxylic acid groups (broad SMARTS) is 1. The molecule has 1 aliphatic rings. The number of allylic oxidation sites excluding steroid dienone is 4. The molecule has 1 rings (SSSR count). The number of hydrogen-bond acceptors (Lipinski definition) is 2. The van der Waals surface area contributed by atoms with Crippen LogP contribution in [0.1, 0.15) is 46.5 Å². The van der Waals surface area contributed by atoms with Crippen molar-refractivity contribution < 1.29 is 14.7 Å². The van der Waals surface area contributed by atoms with Gasteiger partial charge in [0.2, 0.25) is 5.91 Å². The van der Waals surface area contributed by atoms with Gasteiger partial charge in [0.15, 0.2) is 0 Å². The SMILES string of the molecule is CCCCCC(C)(NC(=O)[C@@H](C)C1=CC=CC=C=C1)C(=O)O. The summed E-state index contributed by atoms with van der Waals surface area (Å²) in [5, 5.41) is 12.2. The van der Waals surface area contributed by atoms with Crippen molar-refractivity contribution in [1.29, 1.82) is 0 Å². The van der Waals surface area contributed by atoms with Crippen molar-refractivity contribution in [3.05, 3.63) is 41.7 Å². The van der Waals surface area contributed by atoms with Crippen LogP contribution in [0.2, 0.25) is 0 Å². The lowest BCUT2D eigenvalue weighted by molar-refractivity contribution is -0.147. The third-order valence-electron chi connectivity index (χ3n) is 3.89. The van der Waals surface area contributed by atoms with Gasteiger partial charge in [-0.25, -0.2) is 4.79 Å². The van der Waals surface area contributed by atoms with Crippen LogP contribution in [-0.4, -0.2) is 22.5 Å². The molecular weight excluding hydrogens is 278 g/mol. The van der Waals surface area contributed by atoms with Crippen LogP contribution in [-0.2, 0) is 9.59 Å². The summed E-state index contributed by atoms with van der Waals surface area (Å²) >= 11 is 0. The van der Waals surface area contributed by atoms with Gasteiger partial charge < -0.3 is 10.4 Å². The van der Waals surface area contributed by atoms with E-state index in [1.54, 1.807) is 26.0 Å². The van der Waals surface area contributed by atoms with Gasteiger partial charge in [-0.15, -0.1) is 5.73 Å². The van der Waals surface area contributed by atoms with Crippen LogP contribution < -0.4 is 5.32 Å². The Hall–Kier alpha value is -2.06. The molecule has 0 spiro atoms. The zero-order valence-electron chi connectivity index (χ0n) is 13.6. The molecule has 1 aliphatic carbocycles. The Morgan fingerprint density at radius 3 is 2.73 bits per heavy atom. The second kappa shape index (κ2) is 8.40. The molecule has 0 aromatic heterocycles. The molecule has 120 valence electrons. The minimum absolute atomic E-state index is 0.277. The number of nitrogens with one attached hydrogen (secondary N) is 1. The van der Waals surface area contributed by atoms with Gasteiger partial charge in [0.25, 0.3) is 0 Å². The minimum Gasteiger partial charge on any atom is -0.480 e. The predicted molar refractivity (Wildman–Crippen MR) is 87.4 cm³/mol. The van der Waals surface area contributed by atoms with Crippen molar-refractivity contribution in [2.75, 3.05) is 0 Å². The summed E-state index contributed by atoms with van der Waals surface area (Å²) in [6, 6.07) is 0. The Morgan fingerprint density at radius 1 is 1.36 bits per heavy atom. The van der Waals surface area contributed by atoms with Crippen LogP contribution in [0, 0.1) is 5.92 Å². The van der Waals surface area contributed by atoms with E-state index in [2.05, 4.69) is 18.0 Å². The summed E-state index contributed by atoms with van der Waals surface area (Å²) in [7, 11) is 0. The Morgan fingerprint density at radius 2 is 2.09 bits per heavy atom. The topological polar surface area (TPSA) is 66.4 Å². The van der Waals surface area contributed by atoms with Crippen molar-refractivity contribution >= 4 is 11.9 Å². The highest BCUT2D eigenvalue weighted by Crippen LogP contribution is 2.19. The van der Waals surface area contributed by atoms with Crippen molar-refractivity contribution in [3.63, 3.8) is 0 Å². The van der Waals surface area contributed by atoms with Crippen LogP contribution >= 0.6 is 0 Å². The third kappa shape index (κ3) is 5.05. The first-order valence-electron chi connectivity index (χ1n) is 7.75. The molecular formula is C18H25NO3. The summed E-state index contributed by atoms with van der Waals surface area (Å²) in [6.07, 6.45) is 12.2. The highest BCUT2D eigenvalue weighted by atomic mass is 16.4. The predicted octanol–water partition coefficient (Wildman–Crippen LogP) is 3.37.